The molecule has 0 amide bonds. The van der Waals surface area contributed by atoms with Gasteiger partial charge in [-0.1, -0.05) is 58.8 Å². The summed E-state index contributed by atoms with van der Waals surface area (Å²) in [6.45, 7) is 6.05. The van der Waals surface area contributed by atoms with Crippen LogP contribution in [0.15, 0.2) is 0 Å². The number of hydrogen-bond acceptors (Lipinski definition) is 3. The maximum absolute atomic E-state index is 4.50. The summed E-state index contributed by atoms with van der Waals surface area (Å²) < 4.78 is 0. The Hall–Kier alpha value is -0.120. The smallest absolute Gasteiger partial charge is 0.0195 e. The zero-order valence-corrected chi connectivity index (χ0v) is 11.4. The highest BCUT2D eigenvalue weighted by Crippen LogP contribution is 2.05. The molecule has 0 aromatic rings. The minimum atomic E-state index is 1.12. The molecule has 15 heavy (non-hydrogen) atoms. The van der Waals surface area contributed by atoms with Crippen molar-refractivity contribution in [1.82, 2.24) is 0 Å². The molecule has 0 heterocycles. The van der Waals surface area contributed by atoms with E-state index in [2.05, 4.69) is 31.0 Å². The topological polar surface area (TPSA) is 78.1 Å². The van der Waals surface area contributed by atoms with Gasteiger partial charge < -0.3 is 17.2 Å². The zero-order chi connectivity index (χ0) is 12.9. The normalized spacial score (nSPS) is 7.20. The summed E-state index contributed by atoms with van der Waals surface area (Å²) in [7, 11) is 4.50. The van der Waals surface area contributed by atoms with Crippen molar-refractivity contribution in [1.29, 1.82) is 0 Å². The van der Waals surface area contributed by atoms with E-state index in [1.165, 1.54) is 59.7 Å². The monoisotopic (exact) mass is 220 g/mol. The molecule has 0 rings (SSSR count). The van der Waals surface area contributed by atoms with Crippen LogP contribution >= 0.6 is 0 Å². The van der Waals surface area contributed by atoms with Gasteiger partial charge in [0.05, 0.1) is 0 Å². The maximum atomic E-state index is 4.50. The summed E-state index contributed by atoms with van der Waals surface area (Å²) in [6.07, 6.45) is 9.45. The van der Waals surface area contributed by atoms with Crippen molar-refractivity contribution in [3.8, 4) is 0 Å². The van der Waals surface area contributed by atoms with Gasteiger partial charge >= 0.3 is 0 Å². The molecule has 0 spiro atoms. The molecule has 0 atom stereocenters. The summed E-state index contributed by atoms with van der Waals surface area (Å²) in [4.78, 5) is 0. The molecule has 0 aromatic heterocycles. The van der Waals surface area contributed by atoms with E-state index < -0.39 is 0 Å². The van der Waals surface area contributed by atoms with Crippen molar-refractivity contribution in [3.05, 3.63) is 6.92 Å². The van der Waals surface area contributed by atoms with Gasteiger partial charge in [-0.15, -0.1) is 0 Å². The van der Waals surface area contributed by atoms with Crippen LogP contribution in [-0.4, -0.2) is 21.1 Å². The van der Waals surface area contributed by atoms with Crippen LogP contribution < -0.4 is 17.2 Å². The first kappa shape index (κ1) is 24.2. The van der Waals surface area contributed by atoms with Crippen LogP contribution in [0.25, 0.3) is 0 Å². The van der Waals surface area contributed by atoms with Crippen LogP contribution in [0.4, 0.5) is 0 Å². The Morgan fingerprint density at radius 2 is 1.00 bits per heavy atom. The molecule has 0 bridgehead atoms. The lowest BCUT2D eigenvalue weighted by Crippen LogP contribution is -1.76. The average Bonchev–Trinajstić information content (AvgIpc) is 2.37. The van der Waals surface area contributed by atoms with Crippen LogP contribution in [0, 0.1) is 6.92 Å². The fourth-order valence-corrected chi connectivity index (χ4v) is 0.957. The summed E-state index contributed by atoms with van der Waals surface area (Å²) in [5.41, 5.74) is 13.5. The lowest BCUT2D eigenvalue weighted by atomic mass is 10.1. The van der Waals surface area contributed by atoms with Gasteiger partial charge in [0.2, 0.25) is 0 Å². The van der Waals surface area contributed by atoms with Gasteiger partial charge in [-0.05, 0) is 21.1 Å². The van der Waals surface area contributed by atoms with Gasteiger partial charge in [-0.3, -0.25) is 0 Å². The number of hydrogen-bond donors (Lipinski definition) is 3. The van der Waals surface area contributed by atoms with Crippen LogP contribution in [0.3, 0.4) is 0 Å². The van der Waals surface area contributed by atoms with E-state index in [-0.39, 0.29) is 0 Å². The van der Waals surface area contributed by atoms with E-state index in [1.54, 1.807) is 0 Å². The Labute approximate surface area is 97.8 Å². The number of nitrogens with two attached hydrogens (primary N) is 3. The van der Waals surface area contributed by atoms with E-state index in [1.807, 2.05) is 0 Å². The molecule has 0 fully saturated rings. The molecule has 0 aromatic carbocycles. The van der Waals surface area contributed by atoms with E-state index in [0.717, 1.165) is 6.42 Å². The van der Waals surface area contributed by atoms with Crippen LogP contribution in [0.5, 0.6) is 0 Å². The van der Waals surface area contributed by atoms with Gasteiger partial charge in [-0.2, -0.15) is 0 Å². The third-order valence-electron chi connectivity index (χ3n) is 1.60. The van der Waals surface area contributed by atoms with Crippen molar-refractivity contribution in [2.45, 2.75) is 51.9 Å². The molecule has 97 valence electrons. The van der Waals surface area contributed by atoms with Crippen molar-refractivity contribution in [2.75, 3.05) is 21.1 Å². The van der Waals surface area contributed by atoms with Gasteiger partial charge in [-0.25, -0.2) is 0 Å². The number of rotatable bonds is 6. The highest BCUT2D eigenvalue weighted by atomic mass is 14.4. The minimum Gasteiger partial charge on any atom is -0.333 e. The third kappa shape index (κ3) is 56.7. The zero-order valence-electron chi connectivity index (χ0n) is 11.4. The first-order chi connectivity index (χ1) is 7.41. The molecule has 0 saturated carbocycles. The lowest BCUT2D eigenvalue weighted by Gasteiger charge is -1.95. The Balaban J connectivity index is -0.0000000860. The Bertz CT molecular complexity index is 44.1. The SMILES string of the molecule is CN.CN.CN.[CH2]CCCCCCCC. The predicted molar refractivity (Wildman–Crippen MR) is 73.7 cm³/mol. The maximum Gasteiger partial charge on any atom is -0.0195 e. The van der Waals surface area contributed by atoms with Gasteiger partial charge in [0.1, 0.15) is 0 Å². The Morgan fingerprint density at radius 1 is 0.667 bits per heavy atom. The van der Waals surface area contributed by atoms with Crippen molar-refractivity contribution < 1.29 is 0 Å². The largest absolute Gasteiger partial charge is 0.333 e. The third-order valence-corrected chi connectivity index (χ3v) is 1.60. The lowest BCUT2D eigenvalue weighted by molar-refractivity contribution is 0.611. The van der Waals surface area contributed by atoms with Gasteiger partial charge in [0.25, 0.3) is 0 Å². The molecule has 6 N–H and O–H groups in total. The highest BCUT2D eigenvalue weighted by Gasteiger charge is 1.85. The Morgan fingerprint density at radius 3 is 1.33 bits per heavy atom. The summed E-state index contributed by atoms with van der Waals surface area (Å²) in [6, 6.07) is 0. The molecule has 0 unspecified atom stereocenters. The molecule has 0 saturated heterocycles. The van der Waals surface area contributed by atoms with Crippen LogP contribution in [0.1, 0.15) is 51.9 Å². The van der Waals surface area contributed by atoms with E-state index in [4.69, 9.17) is 0 Å². The average molecular weight is 220 g/mol. The van der Waals surface area contributed by atoms with Crippen molar-refractivity contribution in [3.63, 3.8) is 0 Å². The van der Waals surface area contributed by atoms with E-state index in [0.29, 0.717) is 0 Å². The standard InChI is InChI=1S/C9H19.3CH5N/c1-3-5-7-9-8-6-4-2;3*1-2/h1,3-9H2,2H3;3*2H2,1H3. The molecule has 1 radical (unpaired) electrons. The summed E-state index contributed by atoms with van der Waals surface area (Å²) in [5.74, 6) is 0. The summed E-state index contributed by atoms with van der Waals surface area (Å²) >= 11 is 0. The molecule has 3 heteroatoms. The first-order valence-corrected chi connectivity index (χ1v) is 5.94. The minimum absolute atomic E-state index is 1.12. The van der Waals surface area contributed by atoms with E-state index in [9.17, 15) is 0 Å². The van der Waals surface area contributed by atoms with Crippen LogP contribution in [0.2, 0.25) is 0 Å². The second-order valence-electron chi connectivity index (χ2n) is 2.62. The highest BCUT2D eigenvalue weighted by molar-refractivity contribution is 4.44. The quantitative estimate of drug-likeness (QED) is 0.601. The summed E-state index contributed by atoms with van der Waals surface area (Å²) in [5, 5.41) is 0. The number of unbranched alkanes of at least 4 members (excludes halogenated alkanes) is 6. The molecular weight excluding hydrogens is 186 g/mol. The molecule has 0 aliphatic rings. The second kappa shape index (κ2) is 48.6. The molecule has 0 aliphatic heterocycles. The predicted octanol–water partition coefficient (Wildman–Crippen LogP) is 2.30. The van der Waals surface area contributed by atoms with Crippen LogP contribution in [-0.2, 0) is 0 Å². The fraction of sp³-hybridized carbons (Fsp3) is 0.917. The van der Waals surface area contributed by atoms with Crippen molar-refractivity contribution >= 4 is 0 Å². The molecular formula is C12H34N3. The molecule has 0 aliphatic carbocycles. The first-order valence-electron chi connectivity index (χ1n) is 5.94. The van der Waals surface area contributed by atoms with Gasteiger partial charge in [0, 0.05) is 0 Å². The van der Waals surface area contributed by atoms with Gasteiger partial charge in [0.15, 0.2) is 0 Å². The second-order valence-corrected chi connectivity index (χ2v) is 2.62. The van der Waals surface area contributed by atoms with E-state index >= 15 is 0 Å². The molecule has 3 nitrogen and oxygen atoms in total. The fourth-order valence-electron chi connectivity index (χ4n) is 0.957. The van der Waals surface area contributed by atoms with Crippen molar-refractivity contribution in [2.24, 2.45) is 17.2 Å². The Kier molecular flexibility index (Phi) is 78.5.